The molecule has 0 aliphatic rings. The van der Waals surface area contributed by atoms with Gasteiger partial charge in [-0.1, -0.05) is 42.0 Å². The van der Waals surface area contributed by atoms with Gasteiger partial charge in [-0.2, -0.15) is 0 Å². The van der Waals surface area contributed by atoms with E-state index in [1.54, 1.807) is 13.2 Å². The van der Waals surface area contributed by atoms with Crippen LogP contribution >= 0.6 is 0 Å². The van der Waals surface area contributed by atoms with Crippen LogP contribution in [0.25, 0.3) is 0 Å². The molecule has 0 radical (unpaired) electrons. The summed E-state index contributed by atoms with van der Waals surface area (Å²) in [5.41, 5.74) is 2.65. The van der Waals surface area contributed by atoms with Crippen molar-refractivity contribution < 1.29 is 14.3 Å². The molecule has 2 aromatic carbocycles. The van der Waals surface area contributed by atoms with E-state index in [9.17, 15) is 4.79 Å². The summed E-state index contributed by atoms with van der Waals surface area (Å²) in [5, 5.41) is 0. The number of aryl methyl sites for hydroxylation is 1. The standard InChI is InChI=1S/C17H18O3/c1-13-8-9-17(19-2)15(10-13)16(18)12-20-11-14-6-4-3-5-7-14/h3-10H,11-12H2,1-2H3. The Bertz CT molecular complexity index is 576. The quantitative estimate of drug-likeness (QED) is 0.755. The van der Waals surface area contributed by atoms with Gasteiger partial charge in [-0.25, -0.2) is 0 Å². The minimum Gasteiger partial charge on any atom is -0.496 e. The van der Waals surface area contributed by atoms with E-state index < -0.39 is 0 Å². The third-order valence-electron chi connectivity index (χ3n) is 3.00. The first-order valence-electron chi connectivity index (χ1n) is 6.50. The molecule has 0 aliphatic heterocycles. The highest BCUT2D eigenvalue weighted by molar-refractivity contribution is 5.99. The summed E-state index contributed by atoms with van der Waals surface area (Å²) in [4.78, 5) is 12.2. The molecular weight excluding hydrogens is 252 g/mol. The minimum absolute atomic E-state index is 0.0503. The molecular formula is C17H18O3. The highest BCUT2D eigenvalue weighted by atomic mass is 16.5. The molecule has 20 heavy (non-hydrogen) atoms. The number of rotatable bonds is 6. The Kier molecular flexibility index (Phi) is 4.91. The number of ketones is 1. The highest BCUT2D eigenvalue weighted by Gasteiger charge is 2.12. The van der Waals surface area contributed by atoms with E-state index in [-0.39, 0.29) is 12.4 Å². The summed E-state index contributed by atoms with van der Waals surface area (Å²) >= 11 is 0. The van der Waals surface area contributed by atoms with E-state index in [0.717, 1.165) is 11.1 Å². The van der Waals surface area contributed by atoms with Crippen LogP contribution in [-0.2, 0) is 11.3 Å². The smallest absolute Gasteiger partial charge is 0.192 e. The molecule has 0 saturated heterocycles. The lowest BCUT2D eigenvalue weighted by atomic mass is 10.1. The summed E-state index contributed by atoms with van der Waals surface area (Å²) < 4.78 is 10.7. The SMILES string of the molecule is COc1ccc(C)cc1C(=O)COCc1ccccc1. The topological polar surface area (TPSA) is 35.5 Å². The van der Waals surface area contributed by atoms with Gasteiger partial charge < -0.3 is 9.47 Å². The van der Waals surface area contributed by atoms with E-state index in [1.807, 2.05) is 49.4 Å². The first-order valence-corrected chi connectivity index (χ1v) is 6.50. The summed E-state index contributed by atoms with van der Waals surface area (Å²) in [5.74, 6) is 0.519. The maximum atomic E-state index is 12.2. The highest BCUT2D eigenvalue weighted by Crippen LogP contribution is 2.20. The first-order chi connectivity index (χ1) is 9.70. The molecule has 0 amide bonds. The molecule has 0 aliphatic carbocycles. The predicted octanol–water partition coefficient (Wildman–Crippen LogP) is 3.40. The zero-order valence-electron chi connectivity index (χ0n) is 11.8. The molecule has 0 bridgehead atoms. The Labute approximate surface area is 119 Å². The van der Waals surface area contributed by atoms with Crippen molar-refractivity contribution in [3.8, 4) is 5.75 Å². The molecule has 2 aromatic rings. The second-order valence-electron chi connectivity index (χ2n) is 4.61. The van der Waals surface area contributed by atoms with Gasteiger partial charge in [0.15, 0.2) is 5.78 Å². The number of carbonyl (C=O) groups excluding carboxylic acids is 1. The lowest BCUT2D eigenvalue weighted by molar-refractivity contribution is 0.0723. The Morgan fingerprint density at radius 1 is 1.10 bits per heavy atom. The zero-order valence-corrected chi connectivity index (χ0v) is 11.8. The molecule has 0 spiro atoms. The van der Waals surface area contributed by atoms with Crippen molar-refractivity contribution in [1.29, 1.82) is 0 Å². The van der Waals surface area contributed by atoms with Crippen LogP contribution < -0.4 is 4.74 Å². The molecule has 3 heteroatoms. The van der Waals surface area contributed by atoms with Crippen molar-refractivity contribution in [2.75, 3.05) is 13.7 Å². The third kappa shape index (κ3) is 3.68. The van der Waals surface area contributed by atoms with Crippen molar-refractivity contribution in [2.24, 2.45) is 0 Å². The number of hydrogen-bond donors (Lipinski definition) is 0. The second kappa shape index (κ2) is 6.87. The Hall–Kier alpha value is -2.13. The lowest BCUT2D eigenvalue weighted by Gasteiger charge is -2.09. The van der Waals surface area contributed by atoms with Gasteiger partial charge in [-0.05, 0) is 24.6 Å². The molecule has 0 aromatic heterocycles. The first kappa shape index (κ1) is 14.3. The fraction of sp³-hybridized carbons (Fsp3) is 0.235. The average molecular weight is 270 g/mol. The van der Waals surface area contributed by atoms with Crippen LogP contribution in [0.2, 0.25) is 0 Å². The molecule has 0 fully saturated rings. The summed E-state index contributed by atoms with van der Waals surface area (Å²) in [7, 11) is 1.56. The van der Waals surface area contributed by atoms with Crippen molar-refractivity contribution >= 4 is 5.78 Å². The normalized spacial score (nSPS) is 10.3. The van der Waals surface area contributed by atoms with Crippen LogP contribution in [0.4, 0.5) is 0 Å². The third-order valence-corrected chi connectivity index (χ3v) is 3.00. The molecule has 0 atom stereocenters. The van der Waals surface area contributed by atoms with Crippen LogP contribution in [0.1, 0.15) is 21.5 Å². The van der Waals surface area contributed by atoms with Crippen LogP contribution in [0.5, 0.6) is 5.75 Å². The molecule has 2 rings (SSSR count). The number of methoxy groups -OCH3 is 1. The predicted molar refractivity (Wildman–Crippen MR) is 78.2 cm³/mol. The largest absolute Gasteiger partial charge is 0.496 e. The van der Waals surface area contributed by atoms with Crippen molar-refractivity contribution in [3.05, 3.63) is 65.2 Å². The monoisotopic (exact) mass is 270 g/mol. The van der Waals surface area contributed by atoms with E-state index in [1.165, 1.54) is 0 Å². The van der Waals surface area contributed by atoms with Crippen LogP contribution in [-0.4, -0.2) is 19.5 Å². The lowest BCUT2D eigenvalue weighted by Crippen LogP contribution is -2.10. The Morgan fingerprint density at radius 2 is 1.85 bits per heavy atom. The Morgan fingerprint density at radius 3 is 2.55 bits per heavy atom. The van der Waals surface area contributed by atoms with Gasteiger partial charge in [-0.15, -0.1) is 0 Å². The number of ether oxygens (including phenoxy) is 2. The van der Waals surface area contributed by atoms with Gasteiger partial charge in [0.05, 0.1) is 19.3 Å². The molecule has 0 unspecified atom stereocenters. The van der Waals surface area contributed by atoms with Gasteiger partial charge in [-0.3, -0.25) is 4.79 Å². The van der Waals surface area contributed by atoms with Gasteiger partial charge in [0.2, 0.25) is 0 Å². The number of benzene rings is 2. The molecule has 0 N–H and O–H groups in total. The van der Waals surface area contributed by atoms with Crippen molar-refractivity contribution in [3.63, 3.8) is 0 Å². The molecule has 0 saturated carbocycles. The van der Waals surface area contributed by atoms with Gasteiger partial charge in [0.25, 0.3) is 0 Å². The van der Waals surface area contributed by atoms with Crippen LogP contribution in [0.3, 0.4) is 0 Å². The van der Waals surface area contributed by atoms with E-state index >= 15 is 0 Å². The van der Waals surface area contributed by atoms with Crippen LogP contribution in [0.15, 0.2) is 48.5 Å². The summed E-state index contributed by atoms with van der Waals surface area (Å²) in [6.07, 6.45) is 0. The molecule has 3 nitrogen and oxygen atoms in total. The number of carbonyl (C=O) groups is 1. The minimum atomic E-state index is -0.0681. The number of Topliss-reactive ketones (excluding diaryl/α,β-unsaturated/α-hetero) is 1. The maximum Gasteiger partial charge on any atom is 0.192 e. The zero-order chi connectivity index (χ0) is 14.4. The second-order valence-corrected chi connectivity index (χ2v) is 4.61. The van der Waals surface area contributed by atoms with E-state index in [0.29, 0.717) is 17.9 Å². The number of hydrogen-bond acceptors (Lipinski definition) is 3. The molecule has 104 valence electrons. The summed E-state index contributed by atoms with van der Waals surface area (Å²) in [6, 6.07) is 15.3. The summed E-state index contributed by atoms with van der Waals surface area (Å²) in [6.45, 7) is 2.43. The van der Waals surface area contributed by atoms with E-state index in [2.05, 4.69) is 0 Å². The fourth-order valence-corrected chi connectivity index (χ4v) is 1.95. The molecule has 0 heterocycles. The van der Waals surface area contributed by atoms with Crippen LogP contribution in [0, 0.1) is 6.92 Å². The van der Waals surface area contributed by atoms with Gasteiger partial charge in [0.1, 0.15) is 12.4 Å². The average Bonchev–Trinajstić information content (AvgIpc) is 2.48. The van der Waals surface area contributed by atoms with E-state index in [4.69, 9.17) is 9.47 Å². The maximum absolute atomic E-state index is 12.2. The Balaban J connectivity index is 1.97. The van der Waals surface area contributed by atoms with Crippen molar-refractivity contribution in [2.45, 2.75) is 13.5 Å². The van der Waals surface area contributed by atoms with Gasteiger partial charge >= 0.3 is 0 Å². The van der Waals surface area contributed by atoms with Crippen molar-refractivity contribution in [1.82, 2.24) is 0 Å². The fourth-order valence-electron chi connectivity index (χ4n) is 1.95. The van der Waals surface area contributed by atoms with Gasteiger partial charge in [0, 0.05) is 0 Å².